The van der Waals surface area contributed by atoms with Crippen LogP contribution in [0.1, 0.15) is 5.69 Å². The van der Waals surface area contributed by atoms with E-state index in [0.717, 1.165) is 12.2 Å². The summed E-state index contributed by atoms with van der Waals surface area (Å²) in [5.41, 5.74) is 0.970. The molecule has 0 aliphatic carbocycles. The van der Waals surface area contributed by atoms with Crippen molar-refractivity contribution in [3.05, 3.63) is 18.4 Å². The van der Waals surface area contributed by atoms with Crippen molar-refractivity contribution in [2.24, 2.45) is 4.99 Å². The third kappa shape index (κ3) is 0.630. The molecule has 4 nitrogen and oxygen atoms in total. The molecule has 0 saturated heterocycles. The third-order valence-corrected chi connectivity index (χ3v) is 1.21. The van der Waals surface area contributed by atoms with Crippen LogP contribution in [0.2, 0.25) is 0 Å². The van der Waals surface area contributed by atoms with Gasteiger partial charge in [-0.1, -0.05) is 5.21 Å². The summed E-state index contributed by atoms with van der Waals surface area (Å²) < 4.78 is 1.78. The molecule has 1 aromatic heterocycles. The lowest BCUT2D eigenvalue weighted by molar-refractivity contribution is 0.623. The van der Waals surface area contributed by atoms with E-state index in [4.69, 9.17) is 0 Å². The summed E-state index contributed by atoms with van der Waals surface area (Å²) >= 11 is 0. The Balaban J connectivity index is 2.53. The van der Waals surface area contributed by atoms with Crippen LogP contribution in [0.5, 0.6) is 0 Å². The first-order chi connectivity index (χ1) is 4.47. The van der Waals surface area contributed by atoms with E-state index in [-0.39, 0.29) is 0 Å². The van der Waals surface area contributed by atoms with Gasteiger partial charge in [0.25, 0.3) is 0 Å². The summed E-state index contributed by atoms with van der Waals surface area (Å²) in [7, 11) is 0. The summed E-state index contributed by atoms with van der Waals surface area (Å²) in [5, 5.41) is 7.51. The van der Waals surface area contributed by atoms with Gasteiger partial charge in [0.2, 0.25) is 0 Å². The predicted molar refractivity (Wildman–Crippen MR) is 31.9 cm³/mol. The predicted octanol–water partition coefficient (Wildman–Crippen LogP) is -0.128. The van der Waals surface area contributed by atoms with E-state index >= 15 is 0 Å². The van der Waals surface area contributed by atoms with E-state index < -0.39 is 0 Å². The number of hydrogen-bond donors (Lipinski definition) is 0. The Kier molecular flexibility index (Phi) is 0.855. The zero-order chi connectivity index (χ0) is 6.10. The highest BCUT2D eigenvalue weighted by molar-refractivity contribution is 5.77. The molecule has 1 aliphatic rings. The largest absolute Gasteiger partial charge is 0.283 e. The first kappa shape index (κ1) is 4.67. The maximum Gasteiger partial charge on any atom is 0.0992 e. The molecule has 1 aliphatic heterocycles. The highest BCUT2D eigenvalue weighted by Crippen LogP contribution is 1.99. The summed E-state index contributed by atoms with van der Waals surface area (Å²) in [5.74, 6) is 0. The van der Waals surface area contributed by atoms with Crippen LogP contribution in [0.3, 0.4) is 0 Å². The molecule has 2 heterocycles. The molecule has 0 N–H and O–H groups in total. The molecule has 4 heteroatoms. The molecule has 0 saturated carbocycles. The fourth-order valence-electron chi connectivity index (χ4n) is 0.761. The molecule has 9 heavy (non-hydrogen) atoms. The van der Waals surface area contributed by atoms with Crippen LogP contribution in [-0.2, 0) is 6.54 Å². The number of aliphatic imine (C=N–C) groups is 1. The average molecular weight is 121 g/mol. The van der Waals surface area contributed by atoms with Crippen molar-refractivity contribution >= 4 is 6.21 Å². The number of fused-ring (bicyclic) bond motifs is 1. The standard InChI is InChI=1S/C5H5N4/c1-2-9-5(3-6-1)4-7-8-9/h1,3-4H,2H2. The zero-order valence-corrected chi connectivity index (χ0v) is 4.73. The smallest absolute Gasteiger partial charge is 0.0992 e. The minimum absolute atomic E-state index is 0.742. The van der Waals surface area contributed by atoms with Gasteiger partial charge >= 0.3 is 0 Å². The topological polar surface area (TPSA) is 43.1 Å². The molecule has 0 amide bonds. The van der Waals surface area contributed by atoms with Crippen LogP contribution in [0.25, 0.3) is 0 Å². The summed E-state index contributed by atoms with van der Waals surface area (Å²) in [6.45, 7) is 2.54. The van der Waals surface area contributed by atoms with E-state index in [9.17, 15) is 0 Å². The SMILES string of the molecule is [CH]1Cn2nncc2C=N1. The van der Waals surface area contributed by atoms with Gasteiger partial charge < -0.3 is 0 Å². The van der Waals surface area contributed by atoms with Gasteiger partial charge in [-0.15, -0.1) is 5.10 Å². The quantitative estimate of drug-likeness (QED) is 0.480. The van der Waals surface area contributed by atoms with Gasteiger partial charge in [0.15, 0.2) is 0 Å². The first-order valence-corrected chi connectivity index (χ1v) is 2.70. The molecule has 2 rings (SSSR count). The van der Waals surface area contributed by atoms with Crippen molar-refractivity contribution < 1.29 is 0 Å². The molecule has 0 spiro atoms. The van der Waals surface area contributed by atoms with Crippen molar-refractivity contribution in [2.75, 3.05) is 0 Å². The minimum atomic E-state index is 0.742. The van der Waals surface area contributed by atoms with Crippen LogP contribution in [-0.4, -0.2) is 21.2 Å². The molecule has 0 unspecified atom stereocenters. The summed E-state index contributed by atoms with van der Waals surface area (Å²) in [6.07, 6.45) is 3.43. The van der Waals surface area contributed by atoms with Gasteiger partial charge in [-0.3, -0.25) is 4.99 Å². The normalized spacial score (nSPS) is 15.6. The van der Waals surface area contributed by atoms with E-state index in [1.807, 2.05) is 0 Å². The van der Waals surface area contributed by atoms with E-state index in [1.165, 1.54) is 0 Å². The van der Waals surface area contributed by atoms with Crippen molar-refractivity contribution in [1.82, 2.24) is 15.0 Å². The number of aromatic nitrogens is 3. The molecule has 0 fully saturated rings. The van der Waals surface area contributed by atoms with Gasteiger partial charge in [-0.05, 0) is 0 Å². The van der Waals surface area contributed by atoms with Crippen LogP contribution in [0, 0.1) is 6.54 Å². The molecule has 1 aromatic rings. The second kappa shape index (κ2) is 1.65. The Bertz CT molecular complexity index is 237. The fourth-order valence-corrected chi connectivity index (χ4v) is 0.761. The van der Waals surface area contributed by atoms with Crippen LogP contribution < -0.4 is 0 Å². The molecule has 45 valence electrons. The van der Waals surface area contributed by atoms with Crippen LogP contribution >= 0.6 is 0 Å². The number of nitrogens with zero attached hydrogens (tertiary/aromatic N) is 4. The Labute approximate surface area is 52.2 Å². The number of rotatable bonds is 0. The summed E-state index contributed by atoms with van der Waals surface area (Å²) in [6, 6.07) is 0. The average Bonchev–Trinajstić information content (AvgIpc) is 2.33. The third-order valence-electron chi connectivity index (χ3n) is 1.21. The van der Waals surface area contributed by atoms with E-state index in [1.54, 1.807) is 23.6 Å². The van der Waals surface area contributed by atoms with E-state index in [2.05, 4.69) is 15.3 Å². The number of hydrogen-bond acceptors (Lipinski definition) is 3. The van der Waals surface area contributed by atoms with Crippen molar-refractivity contribution in [2.45, 2.75) is 6.54 Å². The second-order valence-electron chi connectivity index (χ2n) is 1.80. The van der Waals surface area contributed by atoms with Crippen molar-refractivity contribution in [3.63, 3.8) is 0 Å². The van der Waals surface area contributed by atoms with Gasteiger partial charge in [0.05, 0.1) is 25.0 Å². The summed E-state index contributed by atoms with van der Waals surface area (Å²) in [4.78, 5) is 3.94. The minimum Gasteiger partial charge on any atom is -0.283 e. The molecular weight excluding hydrogens is 116 g/mol. The maximum atomic E-state index is 3.94. The monoisotopic (exact) mass is 121 g/mol. The Hall–Kier alpha value is -1.19. The highest BCUT2D eigenvalue weighted by atomic mass is 15.4. The second-order valence-corrected chi connectivity index (χ2v) is 1.80. The molecule has 0 atom stereocenters. The van der Waals surface area contributed by atoms with Gasteiger partial charge in [0, 0.05) is 6.21 Å². The molecule has 0 bridgehead atoms. The first-order valence-electron chi connectivity index (χ1n) is 2.70. The van der Waals surface area contributed by atoms with Gasteiger partial charge in [0.1, 0.15) is 0 Å². The van der Waals surface area contributed by atoms with Crippen molar-refractivity contribution in [3.8, 4) is 0 Å². The highest BCUT2D eigenvalue weighted by Gasteiger charge is 2.03. The van der Waals surface area contributed by atoms with Crippen LogP contribution in [0.4, 0.5) is 0 Å². The zero-order valence-electron chi connectivity index (χ0n) is 4.73. The lowest BCUT2D eigenvalue weighted by Crippen LogP contribution is -2.08. The molecule has 0 aromatic carbocycles. The van der Waals surface area contributed by atoms with Crippen molar-refractivity contribution in [1.29, 1.82) is 0 Å². The lowest BCUT2D eigenvalue weighted by Gasteiger charge is -2.02. The molecular formula is C5H5N4. The lowest BCUT2D eigenvalue weighted by atomic mass is 10.4. The Morgan fingerprint density at radius 1 is 1.56 bits per heavy atom. The molecule has 1 radical (unpaired) electrons. The van der Waals surface area contributed by atoms with Gasteiger partial charge in [-0.25, -0.2) is 4.68 Å². The fraction of sp³-hybridized carbons (Fsp3) is 0.200. The van der Waals surface area contributed by atoms with Crippen LogP contribution in [0.15, 0.2) is 11.2 Å². The van der Waals surface area contributed by atoms with E-state index in [0.29, 0.717) is 0 Å². The Morgan fingerprint density at radius 2 is 2.56 bits per heavy atom. The van der Waals surface area contributed by atoms with Gasteiger partial charge in [-0.2, -0.15) is 0 Å². The maximum absolute atomic E-state index is 3.94. The Morgan fingerprint density at radius 3 is 3.44 bits per heavy atom.